The maximum atomic E-state index is 11.7. The van der Waals surface area contributed by atoms with E-state index in [1.54, 1.807) is 24.3 Å². The number of ether oxygens (including phenoxy) is 1. The molecule has 1 atom stereocenters. The zero-order valence-corrected chi connectivity index (χ0v) is 14.5. The number of nitrogens with one attached hydrogen (secondary N) is 1. The van der Waals surface area contributed by atoms with Crippen LogP contribution in [0.4, 0.5) is 0 Å². The van der Waals surface area contributed by atoms with Crippen LogP contribution in [0.5, 0.6) is 5.75 Å². The topological polar surface area (TPSA) is 75.0 Å². The van der Waals surface area contributed by atoms with Gasteiger partial charge in [0.05, 0.1) is 22.7 Å². The number of benzene rings is 1. The van der Waals surface area contributed by atoms with Crippen LogP contribution in [0.25, 0.3) is 6.08 Å². The minimum Gasteiger partial charge on any atom is -0.487 e. The van der Waals surface area contributed by atoms with E-state index in [9.17, 15) is 4.79 Å². The largest absolute Gasteiger partial charge is 0.487 e. The lowest BCUT2D eigenvalue weighted by Crippen LogP contribution is -2.25. The molecule has 0 saturated heterocycles. The second-order valence-electron chi connectivity index (χ2n) is 5.33. The number of carbonyl (C=O) groups excluding carboxylic acids is 1. The van der Waals surface area contributed by atoms with Crippen LogP contribution in [0, 0.1) is 24.2 Å². The zero-order chi connectivity index (χ0) is 17.4. The van der Waals surface area contributed by atoms with E-state index in [1.807, 2.05) is 36.6 Å². The molecular weight excluding hydrogens is 322 g/mol. The molecule has 0 bridgehead atoms. The van der Waals surface area contributed by atoms with E-state index in [-0.39, 0.29) is 11.8 Å². The maximum Gasteiger partial charge on any atom is 0.244 e. The average Bonchev–Trinajstić information content (AvgIpc) is 3.01. The van der Waals surface area contributed by atoms with Crippen LogP contribution in [-0.4, -0.2) is 17.4 Å². The average molecular weight is 341 g/mol. The lowest BCUT2D eigenvalue weighted by molar-refractivity contribution is -0.116. The fourth-order valence-electron chi connectivity index (χ4n) is 1.87. The first kappa shape index (κ1) is 17.7. The standard InChI is InChI=1S/C18H19N3O2S/c1-13(9-19)10-20-18(22)7-6-15-4-3-5-17(8-15)23-11-16-12-24-14(2)21-16/h3-8,12-13H,10-11H2,1-2H3,(H,20,22)/b7-6+. The molecule has 1 heterocycles. The van der Waals surface area contributed by atoms with Crippen molar-refractivity contribution in [1.82, 2.24) is 10.3 Å². The third-order valence-electron chi connectivity index (χ3n) is 3.14. The molecule has 0 radical (unpaired) electrons. The second-order valence-corrected chi connectivity index (χ2v) is 6.39. The van der Waals surface area contributed by atoms with Crippen LogP contribution in [0.2, 0.25) is 0 Å². The summed E-state index contributed by atoms with van der Waals surface area (Å²) < 4.78 is 5.72. The third-order valence-corrected chi connectivity index (χ3v) is 3.96. The monoisotopic (exact) mass is 341 g/mol. The van der Waals surface area contributed by atoms with E-state index >= 15 is 0 Å². The fourth-order valence-corrected chi connectivity index (χ4v) is 2.47. The van der Waals surface area contributed by atoms with E-state index in [1.165, 1.54) is 6.08 Å². The highest BCUT2D eigenvalue weighted by molar-refractivity contribution is 7.09. The molecule has 124 valence electrons. The SMILES string of the molecule is Cc1nc(COc2cccc(/C=C/C(=O)NCC(C)C#N)c2)cs1. The molecule has 2 aromatic rings. The molecule has 0 aliphatic heterocycles. The number of amides is 1. The molecule has 1 amide bonds. The van der Waals surface area contributed by atoms with Gasteiger partial charge in [0.15, 0.2) is 0 Å². The number of nitrogens with zero attached hydrogens (tertiary/aromatic N) is 2. The summed E-state index contributed by atoms with van der Waals surface area (Å²) in [6.07, 6.45) is 3.17. The number of nitriles is 1. The number of carbonyl (C=O) groups is 1. The van der Waals surface area contributed by atoms with Crippen molar-refractivity contribution in [3.63, 3.8) is 0 Å². The second kappa shape index (κ2) is 8.85. The Balaban J connectivity index is 1.88. The van der Waals surface area contributed by atoms with Crippen molar-refractivity contribution in [2.24, 2.45) is 5.92 Å². The van der Waals surface area contributed by atoms with Crippen molar-refractivity contribution >= 4 is 23.3 Å². The smallest absolute Gasteiger partial charge is 0.244 e. The number of thiazole rings is 1. The van der Waals surface area contributed by atoms with Crippen molar-refractivity contribution in [3.05, 3.63) is 52.0 Å². The molecule has 1 unspecified atom stereocenters. The number of hydrogen-bond donors (Lipinski definition) is 1. The van der Waals surface area contributed by atoms with Gasteiger partial charge < -0.3 is 10.1 Å². The molecular formula is C18H19N3O2S. The maximum absolute atomic E-state index is 11.7. The van der Waals surface area contributed by atoms with E-state index in [4.69, 9.17) is 10.00 Å². The van der Waals surface area contributed by atoms with Crippen molar-refractivity contribution < 1.29 is 9.53 Å². The quantitative estimate of drug-likeness (QED) is 0.784. The summed E-state index contributed by atoms with van der Waals surface area (Å²) in [5.41, 5.74) is 1.77. The van der Waals surface area contributed by atoms with Crippen LogP contribution in [-0.2, 0) is 11.4 Å². The van der Waals surface area contributed by atoms with Crippen LogP contribution in [0.3, 0.4) is 0 Å². The molecule has 1 aromatic carbocycles. The van der Waals surface area contributed by atoms with E-state index in [0.29, 0.717) is 13.2 Å². The number of aromatic nitrogens is 1. The first-order valence-electron chi connectivity index (χ1n) is 7.56. The fraction of sp³-hybridized carbons (Fsp3) is 0.278. The first-order valence-corrected chi connectivity index (χ1v) is 8.44. The van der Waals surface area contributed by atoms with Crippen LogP contribution in [0.15, 0.2) is 35.7 Å². The van der Waals surface area contributed by atoms with Gasteiger partial charge in [-0.3, -0.25) is 4.79 Å². The Hall–Kier alpha value is -2.65. The summed E-state index contributed by atoms with van der Waals surface area (Å²) in [7, 11) is 0. The molecule has 24 heavy (non-hydrogen) atoms. The summed E-state index contributed by atoms with van der Waals surface area (Å²) in [5, 5.41) is 14.4. The first-order chi connectivity index (χ1) is 11.6. The molecule has 0 saturated carbocycles. The predicted molar refractivity (Wildman–Crippen MR) is 94.4 cm³/mol. The van der Waals surface area contributed by atoms with E-state index in [0.717, 1.165) is 22.0 Å². The van der Waals surface area contributed by atoms with Crippen molar-refractivity contribution in [2.75, 3.05) is 6.54 Å². The number of hydrogen-bond acceptors (Lipinski definition) is 5. The summed E-state index contributed by atoms with van der Waals surface area (Å²) in [6, 6.07) is 9.56. The molecule has 1 N–H and O–H groups in total. The van der Waals surface area contributed by atoms with Gasteiger partial charge in [-0.05, 0) is 37.6 Å². The van der Waals surface area contributed by atoms with Gasteiger partial charge in [0.1, 0.15) is 12.4 Å². The third kappa shape index (κ3) is 5.86. The van der Waals surface area contributed by atoms with Gasteiger partial charge in [-0.1, -0.05) is 12.1 Å². The minimum absolute atomic E-state index is 0.201. The molecule has 0 aliphatic rings. The summed E-state index contributed by atoms with van der Waals surface area (Å²) in [6.45, 7) is 4.48. The Morgan fingerprint density at radius 2 is 2.38 bits per heavy atom. The highest BCUT2D eigenvalue weighted by Crippen LogP contribution is 2.17. The molecule has 0 fully saturated rings. The summed E-state index contributed by atoms with van der Waals surface area (Å²) in [5.74, 6) is 0.302. The number of rotatable bonds is 7. The van der Waals surface area contributed by atoms with Gasteiger partial charge in [0.25, 0.3) is 0 Å². The van der Waals surface area contributed by atoms with Crippen LogP contribution in [0.1, 0.15) is 23.2 Å². The molecule has 0 aliphatic carbocycles. The Labute approximate surface area is 145 Å². The van der Waals surface area contributed by atoms with Crippen molar-refractivity contribution in [2.45, 2.75) is 20.5 Å². The molecule has 6 heteroatoms. The zero-order valence-electron chi connectivity index (χ0n) is 13.7. The molecule has 0 spiro atoms. The highest BCUT2D eigenvalue weighted by Gasteiger charge is 2.02. The lowest BCUT2D eigenvalue weighted by Gasteiger charge is -2.05. The van der Waals surface area contributed by atoms with Gasteiger partial charge in [-0.2, -0.15) is 5.26 Å². The van der Waals surface area contributed by atoms with Gasteiger partial charge in [-0.25, -0.2) is 4.98 Å². The van der Waals surface area contributed by atoms with Gasteiger partial charge in [0, 0.05) is 18.0 Å². The highest BCUT2D eigenvalue weighted by atomic mass is 32.1. The van der Waals surface area contributed by atoms with E-state index in [2.05, 4.69) is 16.4 Å². The minimum atomic E-state index is -0.221. The van der Waals surface area contributed by atoms with Crippen molar-refractivity contribution in [3.8, 4) is 11.8 Å². The summed E-state index contributed by atoms with van der Waals surface area (Å²) >= 11 is 1.60. The van der Waals surface area contributed by atoms with Crippen LogP contribution >= 0.6 is 11.3 Å². The number of aryl methyl sites for hydroxylation is 1. The van der Waals surface area contributed by atoms with Gasteiger partial charge >= 0.3 is 0 Å². The van der Waals surface area contributed by atoms with Crippen LogP contribution < -0.4 is 10.1 Å². The Bertz CT molecular complexity index is 762. The van der Waals surface area contributed by atoms with Gasteiger partial charge in [-0.15, -0.1) is 11.3 Å². The van der Waals surface area contributed by atoms with Crippen molar-refractivity contribution in [1.29, 1.82) is 5.26 Å². The predicted octanol–water partition coefficient (Wildman–Crippen LogP) is 3.32. The van der Waals surface area contributed by atoms with Gasteiger partial charge in [0.2, 0.25) is 5.91 Å². The van der Waals surface area contributed by atoms with E-state index < -0.39 is 0 Å². The summed E-state index contributed by atoms with van der Waals surface area (Å²) in [4.78, 5) is 16.0. The molecule has 5 nitrogen and oxygen atoms in total. The molecule has 2 rings (SSSR count). The Kier molecular flexibility index (Phi) is 6.52. The lowest BCUT2D eigenvalue weighted by atomic mass is 10.2. The Morgan fingerprint density at radius 1 is 1.54 bits per heavy atom. The Morgan fingerprint density at radius 3 is 3.08 bits per heavy atom. The normalized spacial score (nSPS) is 11.9. The molecule has 1 aromatic heterocycles.